The number of carbonyl (C=O) groups excluding carboxylic acids is 1. The van der Waals surface area contributed by atoms with Gasteiger partial charge in [0.2, 0.25) is 6.41 Å². The molecular formula is C23H25F3N2O3. The fourth-order valence-electron chi connectivity index (χ4n) is 3.38. The lowest BCUT2D eigenvalue weighted by atomic mass is 9.84. The second kappa shape index (κ2) is 9.87. The molecule has 0 saturated heterocycles. The molecule has 1 aliphatic rings. The molecule has 5 nitrogen and oxygen atoms in total. The molecule has 8 heteroatoms. The summed E-state index contributed by atoms with van der Waals surface area (Å²) in [5.74, 6) is 1.41. The van der Waals surface area contributed by atoms with Gasteiger partial charge in [0.15, 0.2) is 0 Å². The zero-order valence-electron chi connectivity index (χ0n) is 17.1. The first-order valence-electron chi connectivity index (χ1n) is 10.0. The quantitative estimate of drug-likeness (QED) is 0.470. The number of nitrogens with one attached hydrogen (secondary N) is 2. The van der Waals surface area contributed by atoms with Gasteiger partial charge in [-0.05, 0) is 54.7 Å². The topological polar surface area (TPSA) is 74.4 Å². The maximum absolute atomic E-state index is 12.5. The number of hydrogen-bond donors (Lipinski definition) is 3. The fourth-order valence-corrected chi connectivity index (χ4v) is 3.38. The largest absolute Gasteiger partial charge is 0.493 e. The van der Waals surface area contributed by atoms with Crippen LogP contribution in [0.15, 0.2) is 48.7 Å². The minimum absolute atomic E-state index is 0.0417. The average Bonchev–Trinajstić information content (AvgIpc) is 3.10. The summed E-state index contributed by atoms with van der Waals surface area (Å²) < 4.78 is 43.2. The van der Waals surface area contributed by atoms with Crippen LogP contribution in [0.2, 0.25) is 0 Å². The van der Waals surface area contributed by atoms with Crippen molar-refractivity contribution in [1.29, 1.82) is 0 Å². The molecule has 31 heavy (non-hydrogen) atoms. The lowest BCUT2D eigenvalue weighted by molar-refractivity contribution is -0.137. The Hall–Kier alpha value is -3.00. The first-order valence-corrected chi connectivity index (χ1v) is 10.0. The number of ether oxygens (including phenoxy) is 1. The molecule has 3 aromatic rings. The van der Waals surface area contributed by atoms with Crippen LogP contribution in [0.4, 0.5) is 18.9 Å². The van der Waals surface area contributed by atoms with E-state index < -0.39 is 11.7 Å². The van der Waals surface area contributed by atoms with E-state index in [9.17, 15) is 18.0 Å². The molecule has 0 aliphatic heterocycles. The Bertz CT molecular complexity index is 987. The predicted molar refractivity (Wildman–Crippen MR) is 113 cm³/mol. The van der Waals surface area contributed by atoms with Crippen LogP contribution in [0.25, 0.3) is 10.9 Å². The molecule has 0 radical (unpaired) electrons. The molecule has 0 unspecified atom stereocenters. The van der Waals surface area contributed by atoms with E-state index in [1.807, 2.05) is 6.07 Å². The molecule has 1 heterocycles. The van der Waals surface area contributed by atoms with E-state index in [4.69, 9.17) is 9.84 Å². The summed E-state index contributed by atoms with van der Waals surface area (Å²) in [6, 6.07) is 10.5. The van der Waals surface area contributed by atoms with Crippen LogP contribution >= 0.6 is 0 Å². The van der Waals surface area contributed by atoms with Crippen molar-refractivity contribution in [2.75, 3.05) is 11.9 Å². The molecule has 0 bridgehead atoms. The Balaban J connectivity index is 0.000000391. The zero-order valence-corrected chi connectivity index (χ0v) is 17.1. The van der Waals surface area contributed by atoms with Crippen LogP contribution in [-0.2, 0) is 17.4 Å². The Morgan fingerprint density at radius 2 is 1.90 bits per heavy atom. The van der Waals surface area contributed by atoms with Crippen molar-refractivity contribution in [3.05, 3.63) is 59.8 Å². The van der Waals surface area contributed by atoms with E-state index in [2.05, 4.69) is 17.2 Å². The maximum Gasteiger partial charge on any atom is 0.416 e. The van der Waals surface area contributed by atoms with Crippen LogP contribution in [-0.4, -0.2) is 29.2 Å². The van der Waals surface area contributed by atoms with Gasteiger partial charge < -0.3 is 20.1 Å². The van der Waals surface area contributed by atoms with E-state index >= 15 is 0 Å². The van der Waals surface area contributed by atoms with Crippen molar-refractivity contribution in [3.8, 4) is 5.75 Å². The van der Waals surface area contributed by atoms with Gasteiger partial charge in [0, 0.05) is 23.5 Å². The van der Waals surface area contributed by atoms with Crippen LogP contribution in [0.1, 0.15) is 30.9 Å². The SMILES string of the molecule is CC1CC(O)C1.O=CNc1c[nH]c2ccc(OCCc3ccc(C(F)(F)F)cc3)cc12. The fraction of sp³-hybridized carbons (Fsp3) is 0.348. The summed E-state index contributed by atoms with van der Waals surface area (Å²) in [5.41, 5.74) is 1.61. The van der Waals surface area contributed by atoms with E-state index in [0.717, 1.165) is 47.4 Å². The highest BCUT2D eigenvalue weighted by molar-refractivity contribution is 5.97. The molecule has 3 N–H and O–H groups in total. The Morgan fingerprint density at radius 3 is 2.45 bits per heavy atom. The Kier molecular flexibility index (Phi) is 7.22. The van der Waals surface area contributed by atoms with Gasteiger partial charge in [0.1, 0.15) is 5.75 Å². The lowest BCUT2D eigenvalue weighted by Gasteiger charge is -2.27. The number of aliphatic hydroxyl groups excluding tert-OH is 1. The second-order valence-corrected chi connectivity index (χ2v) is 7.70. The van der Waals surface area contributed by atoms with Crippen molar-refractivity contribution >= 4 is 23.0 Å². The number of amides is 1. The van der Waals surface area contributed by atoms with Crippen molar-refractivity contribution in [1.82, 2.24) is 4.98 Å². The molecule has 1 aliphatic carbocycles. The van der Waals surface area contributed by atoms with E-state index in [-0.39, 0.29) is 6.10 Å². The molecule has 4 rings (SSSR count). The van der Waals surface area contributed by atoms with Crippen LogP contribution in [0.5, 0.6) is 5.75 Å². The van der Waals surface area contributed by atoms with Gasteiger partial charge in [-0.3, -0.25) is 4.79 Å². The highest BCUT2D eigenvalue weighted by Crippen LogP contribution is 2.29. The Morgan fingerprint density at radius 1 is 1.19 bits per heavy atom. The summed E-state index contributed by atoms with van der Waals surface area (Å²) in [4.78, 5) is 13.6. The standard InChI is InChI=1S/C18H15F3N2O2.C5H10O/c19-18(20,21)13-3-1-12(2-4-13)7-8-25-14-5-6-16-15(9-14)17(10-22-16)23-11-24;1-4-2-5(6)3-4/h1-6,9-11,22H,7-8H2,(H,23,24);4-6H,2-3H2,1H3. The minimum Gasteiger partial charge on any atom is -0.493 e. The highest BCUT2D eigenvalue weighted by atomic mass is 19.4. The molecule has 1 saturated carbocycles. The zero-order chi connectivity index (χ0) is 22.4. The average molecular weight is 434 g/mol. The second-order valence-electron chi connectivity index (χ2n) is 7.70. The van der Waals surface area contributed by atoms with Crippen LogP contribution in [0, 0.1) is 5.92 Å². The van der Waals surface area contributed by atoms with E-state index in [1.165, 1.54) is 12.1 Å². The number of rotatable bonds is 6. The number of aliphatic hydroxyl groups is 1. The van der Waals surface area contributed by atoms with Gasteiger partial charge in [-0.1, -0.05) is 19.1 Å². The number of fused-ring (bicyclic) bond motifs is 1. The number of carbonyl (C=O) groups is 1. The number of aromatic nitrogens is 1. The monoisotopic (exact) mass is 434 g/mol. The van der Waals surface area contributed by atoms with Crippen LogP contribution in [0.3, 0.4) is 0 Å². The molecule has 1 aromatic heterocycles. The van der Waals surface area contributed by atoms with Gasteiger partial charge in [-0.15, -0.1) is 0 Å². The van der Waals surface area contributed by atoms with Gasteiger partial charge in [-0.25, -0.2) is 0 Å². The van der Waals surface area contributed by atoms with Gasteiger partial charge in [0.05, 0.1) is 24.0 Å². The Labute approximate surface area is 178 Å². The molecule has 1 fully saturated rings. The lowest BCUT2D eigenvalue weighted by Crippen LogP contribution is -2.25. The van der Waals surface area contributed by atoms with E-state index in [0.29, 0.717) is 30.9 Å². The minimum atomic E-state index is -4.33. The smallest absolute Gasteiger partial charge is 0.416 e. The number of benzene rings is 2. The van der Waals surface area contributed by atoms with Gasteiger partial charge >= 0.3 is 6.18 Å². The van der Waals surface area contributed by atoms with Gasteiger partial charge in [-0.2, -0.15) is 13.2 Å². The number of hydrogen-bond acceptors (Lipinski definition) is 3. The van der Waals surface area contributed by atoms with Crippen molar-refractivity contribution < 1.29 is 27.8 Å². The van der Waals surface area contributed by atoms with Gasteiger partial charge in [0.25, 0.3) is 0 Å². The first kappa shape index (κ1) is 22.7. The summed E-state index contributed by atoms with van der Waals surface area (Å²) in [6.07, 6.45) is 0.544. The summed E-state index contributed by atoms with van der Waals surface area (Å²) >= 11 is 0. The first-order chi connectivity index (χ1) is 14.8. The molecular weight excluding hydrogens is 409 g/mol. The number of halogens is 3. The number of H-pyrrole nitrogens is 1. The van der Waals surface area contributed by atoms with Crippen LogP contribution < -0.4 is 10.1 Å². The summed E-state index contributed by atoms with van der Waals surface area (Å²) in [5, 5.41) is 12.0. The molecule has 0 spiro atoms. The number of anilines is 1. The predicted octanol–water partition coefficient (Wildman–Crippen LogP) is 5.15. The third-order valence-corrected chi connectivity index (χ3v) is 5.16. The third-order valence-electron chi connectivity index (χ3n) is 5.16. The maximum atomic E-state index is 12.5. The van der Waals surface area contributed by atoms with Crippen molar-refractivity contribution in [2.45, 2.75) is 38.5 Å². The van der Waals surface area contributed by atoms with Crippen molar-refractivity contribution in [3.63, 3.8) is 0 Å². The molecule has 0 atom stereocenters. The summed E-state index contributed by atoms with van der Waals surface area (Å²) in [6.45, 7) is 2.49. The number of alkyl halides is 3. The summed E-state index contributed by atoms with van der Waals surface area (Å²) in [7, 11) is 0. The highest BCUT2D eigenvalue weighted by Gasteiger charge is 2.29. The molecule has 2 aromatic carbocycles. The third kappa shape index (κ3) is 6.24. The molecule has 166 valence electrons. The number of aromatic amines is 1. The normalized spacial score (nSPS) is 18.0. The van der Waals surface area contributed by atoms with Crippen molar-refractivity contribution in [2.24, 2.45) is 5.92 Å². The van der Waals surface area contributed by atoms with E-state index in [1.54, 1.807) is 18.3 Å². The molecule has 1 amide bonds.